The second-order valence-corrected chi connectivity index (χ2v) is 5.31. The molecule has 0 bridgehead atoms. The van der Waals surface area contributed by atoms with Gasteiger partial charge in [0, 0.05) is 10.5 Å². The summed E-state index contributed by atoms with van der Waals surface area (Å²) in [4.78, 5) is 0. The molecule has 0 heterocycles. The predicted octanol–water partition coefficient (Wildman–Crippen LogP) is 4.55. The highest BCUT2D eigenvalue weighted by atomic mass is 79.9. The first-order valence-corrected chi connectivity index (χ1v) is 7.02. The molecule has 0 radical (unpaired) electrons. The highest BCUT2D eigenvalue weighted by molar-refractivity contribution is 9.10. The van der Waals surface area contributed by atoms with Gasteiger partial charge in [-0.2, -0.15) is 13.2 Å². The molecule has 0 spiro atoms. The highest BCUT2D eigenvalue weighted by Gasteiger charge is 2.33. The SMILES string of the molecule is CCCCCC(NN)c1ccc(Br)c(C(F)(F)F)c1. The van der Waals surface area contributed by atoms with Crippen LogP contribution in [0.3, 0.4) is 0 Å². The minimum absolute atomic E-state index is 0.0491. The van der Waals surface area contributed by atoms with Crippen LogP contribution in [-0.4, -0.2) is 0 Å². The Hall–Kier alpha value is -0.590. The predicted molar refractivity (Wildman–Crippen MR) is 73.4 cm³/mol. The Labute approximate surface area is 119 Å². The molecular formula is C13H18BrF3N2. The number of benzene rings is 1. The van der Waals surface area contributed by atoms with Crippen molar-refractivity contribution in [3.63, 3.8) is 0 Å². The van der Waals surface area contributed by atoms with Crippen LogP contribution < -0.4 is 11.3 Å². The standard InChI is InChI=1S/C13H18BrF3N2/c1-2-3-4-5-12(19-18)9-6-7-11(14)10(8-9)13(15,16)17/h6-8,12,19H,2-5,18H2,1H3. The van der Waals surface area contributed by atoms with Crippen LogP contribution in [0.4, 0.5) is 13.2 Å². The monoisotopic (exact) mass is 338 g/mol. The zero-order chi connectivity index (χ0) is 14.5. The molecule has 0 saturated carbocycles. The Morgan fingerprint density at radius 1 is 1.32 bits per heavy atom. The summed E-state index contributed by atoms with van der Waals surface area (Å²) in [6.45, 7) is 2.08. The number of hydrogen-bond donors (Lipinski definition) is 2. The van der Waals surface area contributed by atoms with E-state index in [0.29, 0.717) is 5.56 Å². The van der Waals surface area contributed by atoms with Crippen LogP contribution in [0, 0.1) is 0 Å². The molecule has 108 valence electrons. The average molecular weight is 339 g/mol. The summed E-state index contributed by atoms with van der Waals surface area (Å²) in [5.74, 6) is 5.44. The third-order valence-corrected chi connectivity index (χ3v) is 3.69. The summed E-state index contributed by atoms with van der Waals surface area (Å²) in [6.07, 6.45) is -0.601. The topological polar surface area (TPSA) is 38.0 Å². The molecule has 0 amide bonds. The smallest absolute Gasteiger partial charge is 0.271 e. The molecular weight excluding hydrogens is 321 g/mol. The van der Waals surface area contributed by atoms with E-state index in [1.807, 2.05) is 0 Å². The van der Waals surface area contributed by atoms with E-state index in [9.17, 15) is 13.2 Å². The molecule has 1 aromatic rings. The molecule has 0 aliphatic rings. The van der Waals surface area contributed by atoms with Crippen molar-refractivity contribution < 1.29 is 13.2 Å². The van der Waals surface area contributed by atoms with E-state index in [2.05, 4.69) is 28.3 Å². The fourth-order valence-electron chi connectivity index (χ4n) is 1.92. The Balaban J connectivity index is 2.93. The third kappa shape index (κ3) is 4.78. The van der Waals surface area contributed by atoms with Crippen molar-refractivity contribution in [3.8, 4) is 0 Å². The number of hydrazine groups is 1. The molecule has 0 saturated heterocycles. The average Bonchev–Trinajstić information content (AvgIpc) is 2.34. The largest absolute Gasteiger partial charge is 0.417 e. The lowest BCUT2D eigenvalue weighted by molar-refractivity contribution is -0.138. The van der Waals surface area contributed by atoms with Gasteiger partial charge in [0.15, 0.2) is 0 Å². The molecule has 0 aromatic heterocycles. The summed E-state index contributed by atoms with van der Waals surface area (Å²) in [5.41, 5.74) is 2.49. The fraction of sp³-hybridized carbons (Fsp3) is 0.538. The molecule has 1 rings (SSSR count). The molecule has 1 aromatic carbocycles. The van der Waals surface area contributed by atoms with Gasteiger partial charge in [0.1, 0.15) is 0 Å². The van der Waals surface area contributed by atoms with Crippen molar-refractivity contribution in [1.29, 1.82) is 0 Å². The van der Waals surface area contributed by atoms with Crippen LogP contribution in [-0.2, 0) is 6.18 Å². The zero-order valence-corrected chi connectivity index (χ0v) is 12.3. The van der Waals surface area contributed by atoms with Crippen molar-refractivity contribution in [2.45, 2.75) is 44.8 Å². The summed E-state index contributed by atoms with van der Waals surface area (Å²) < 4.78 is 38.5. The second-order valence-electron chi connectivity index (χ2n) is 4.45. The summed E-state index contributed by atoms with van der Waals surface area (Å²) in [5, 5.41) is 0. The number of nitrogens with two attached hydrogens (primary N) is 1. The van der Waals surface area contributed by atoms with Crippen molar-refractivity contribution in [2.75, 3.05) is 0 Å². The van der Waals surface area contributed by atoms with Crippen molar-refractivity contribution in [3.05, 3.63) is 33.8 Å². The molecule has 3 N–H and O–H groups in total. The lowest BCUT2D eigenvalue weighted by Gasteiger charge is -2.18. The highest BCUT2D eigenvalue weighted by Crippen LogP contribution is 2.36. The number of alkyl halides is 3. The van der Waals surface area contributed by atoms with Gasteiger partial charge in [0.2, 0.25) is 0 Å². The number of unbranched alkanes of at least 4 members (excludes halogenated alkanes) is 2. The number of hydrogen-bond acceptors (Lipinski definition) is 2. The van der Waals surface area contributed by atoms with E-state index in [1.165, 1.54) is 6.07 Å². The maximum Gasteiger partial charge on any atom is 0.417 e. The van der Waals surface area contributed by atoms with E-state index in [1.54, 1.807) is 6.07 Å². The van der Waals surface area contributed by atoms with Crippen molar-refractivity contribution >= 4 is 15.9 Å². The van der Waals surface area contributed by atoms with Gasteiger partial charge >= 0.3 is 6.18 Å². The van der Waals surface area contributed by atoms with Gasteiger partial charge in [-0.1, -0.05) is 48.2 Å². The molecule has 1 atom stereocenters. The lowest BCUT2D eigenvalue weighted by Crippen LogP contribution is -2.28. The number of nitrogens with one attached hydrogen (secondary N) is 1. The van der Waals surface area contributed by atoms with Gasteiger partial charge in [-0.3, -0.25) is 11.3 Å². The second kappa shape index (κ2) is 7.26. The first-order valence-electron chi connectivity index (χ1n) is 6.23. The van der Waals surface area contributed by atoms with Gasteiger partial charge in [-0.25, -0.2) is 0 Å². The molecule has 2 nitrogen and oxygen atoms in total. The summed E-state index contributed by atoms with van der Waals surface area (Å²) >= 11 is 2.93. The summed E-state index contributed by atoms with van der Waals surface area (Å²) in [6, 6.07) is 3.99. The summed E-state index contributed by atoms with van der Waals surface area (Å²) in [7, 11) is 0. The van der Waals surface area contributed by atoms with Crippen molar-refractivity contribution in [2.24, 2.45) is 5.84 Å². The van der Waals surface area contributed by atoms with Gasteiger partial charge in [-0.05, 0) is 24.1 Å². The minimum atomic E-state index is -4.36. The van der Waals surface area contributed by atoms with Gasteiger partial charge in [0.25, 0.3) is 0 Å². The molecule has 1 unspecified atom stereocenters. The molecule has 0 aliphatic heterocycles. The first-order chi connectivity index (χ1) is 8.90. The minimum Gasteiger partial charge on any atom is -0.271 e. The Morgan fingerprint density at radius 3 is 2.53 bits per heavy atom. The van der Waals surface area contributed by atoms with E-state index >= 15 is 0 Å². The van der Waals surface area contributed by atoms with E-state index in [0.717, 1.165) is 31.7 Å². The third-order valence-electron chi connectivity index (χ3n) is 3.00. The lowest BCUT2D eigenvalue weighted by atomic mass is 9.99. The van der Waals surface area contributed by atoms with Crippen LogP contribution in [0.1, 0.15) is 49.8 Å². The van der Waals surface area contributed by atoms with Crippen LogP contribution >= 0.6 is 15.9 Å². The van der Waals surface area contributed by atoms with Crippen LogP contribution in [0.5, 0.6) is 0 Å². The fourth-order valence-corrected chi connectivity index (χ4v) is 2.39. The Bertz CT molecular complexity index is 407. The number of rotatable bonds is 6. The first kappa shape index (κ1) is 16.5. The Kier molecular flexibility index (Phi) is 6.29. The molecule has 6 heteroatoms. The van der Waals surface area contributed by atoms with Gasteiger partial charge in [-0.15, -0.1) is 0 Å². The molecule has 0 fully saturated rings. The van der Waals surface area contributed by atoms with Crippen LogP contribution in [0.25, 0.3) is 0 Å². The number of halogens is 4. The Morgan fingerprint density at radius 2 is 2.00 bits per heavy atom. The van der Waals surface area contributed by atoms with Crippen molar-refractivity contribution in [1.82, 2.24) is 5.43 Å². The molecule has 19 heavy (non-hydrogen) atoms. The van der Waals surface area contributed by atoms with E-state index < -0.39 is 11.7 Å². The quantitative estimate of drug-likeness (QED) is 0.453. The van der Waals surface area contributed by atoms with Gasteiger partial charge in [0.05, 0.1) is 5.56 Å². The van der Waals surface area contributed by atoms with Crippen LogP contribution in [0.2, 0.25) is 0 Å². The van der Waals surface area contributed by atoms with E-state index in [4.69, 9.17) is 5.84 Å². The maximum atomic E-state index is 12.8. The molecule has 0 aliphatic carbocycles. The zero-order valence-electron chi connectivity index (χ0n) is 10.7. The maximum absolute atomic E-state index is 12.8. The van der Waals surface area contributed by atoms with E-state index in [-0.39, 0.29) is 10.5 Å². The van der Waals surface area contributed by atoms with Crippen LogP contribution in [0.15, 0.2) is 22.7 Å². The van der Waals surface area contributed by atoms with Gasteiger partial charge < -0.3 is 0 Å². The normalized spacial score (nSPS) is 13.6.